The number of furan rings is 1. The molecule has 1 aromatic heterocycles. The summed E-state index contributed by atoms with van der Waals surface area (Å²) in [7, 11) is 0. The van der Waals surface area contributed by atoms with Crippen molar-refractivity contribution in [1.82, 2.24) is 0 Å². The van der Waals surface area contributed by atoms with Gasteiger partial charge in [0, 0.05) is 11.1 Å². The summed E-state index contributed by atoms with van der Waals surface area (Å²) in [6.07, 6.45) is 0.885. The highest BCUT2D eigenvalue weighted by Gasteiger charge is 2.22. The molecule has 23 heavy (non-hydrogen) atoms. The molecule has 0 aliphatic rings. The second kappa shape index (κ2) is 6.32. The topological polar surface area (TPSA) is 30.2 Å². The molecular weight excluding hydrogens is 399 g/mol. The van der Waals surface area contributed by atoms with Gasteiger partial charge in [0.15, 0.2) is 6.29 Å². The van der Waals surface area contributed by atoms with Crippen molar-refractivity contribution in [3.63, 3.8) is 0 Å². The summed E-state index contributed by atoms with van der Waals surface area (Å²) in [6.45, 7) is 6.25. The second-order valence-corrected chi connectivity index (χ2v) is 6.82. The van der Waals surface area contributed by atoms with E-state index < -0.39 is 0 Å². The Kier molecular flexibility index (Phi) is 4.39. The van der Waals surface area contributed by atoms with Crippen LogP contribution >= 0.6 is 22.6 Å². The first-order valence-corrected chi connectivity index (χ1v) is 8.52. The van der Waals surface area contributed by atoms with Gasteiger partial charge in [-0.2, -0.15) is 0 Å². The SMILES string of the molecule is Cc1cc(C)c(-c2oc(-c3ccccc3)c(C=O)c2I)c(C)c1. The lowest BCUT2D eigenvalue weighted by atomic mass is 9.98. The molecule has 116 valence electrons. The fraction of sp³-hybridized carbons (Fsp3) is 0.150. The lowest BCUT2D eigenvalue weighted by Gasteiger charge is -2.09. The van der Waals surface area contributed by atoms with Gasteiger partial charge in [0.1, 0.15) is 11.5 Å². The molecule has 0 saturated heterocycles. The molecule has 0 fully saturated rings. The smallest absolute Gasteiger partial charge is 0.155 e. The number of hydrogen-bond acceptors (Lipinski definition) is 2. The van der Waals surface area contributed by atoms with Crippen molar-refractivity contribution < 1.29 is 9.21 Å². The quantitative estimate of drug-likeness (QED) is 0.390. The summed E-state index contributed by atoms with van der Waals surface area (Å²) in [5.74, 6) is 1.42. The predicted octanol–water partition coefficient (Wildman–Crippen LogP) is 5.96. The Morgan fingerprint density at radius 1 is 0.957 bits per heavy atom. The van der Waals surface area contributed by atoms with Crippen molar-refractivity contribution >= 4 is 28.9 Å². The molecular formula is C20H17IO2. The van der Waals surface area contributed by atoms with Crippen LogP contribution in [0.15, 0.2) is 46.9 Å². The van der Waals surface area contributed by atoms with Crippen LogP contribution in [-0.4, -0.2) is 6.29 Å². The van der Waals surface area contributed by atoms with Crippen LogP contribution in [0.1, 0.15) is 27.0 Å². The van der Waals surface area contributed by atoms with Crippen molar-refractivity contribution in [3.8, 4) is 22.6 Å². The van der Waals surface area contributed by atoms with Crippen molar-refractivity contribution in [2.75, 3.05) is 0 Å². The van der Waals surface area contributed by atoms with Gasteiger partial charge in [-0.25, -0.2) is 0 Å². The number of carbonyl (C=O) groups is 1. The van der Waals surface area contributed by atoms with Crippen molar-refractivity contribution in [2.24, 2.45) is 0 Å². The third kappa shape index (κ3) is 2.85. The maximum Gasteiger partial charge on any atom is 0.155 e. The summed E-state index contributed by atoms with van der Waals surface area (Å²) in [5.41, 5.74) is 6.15. The number of aldehydes is 1. The molecule has 0 aliphatic carbocycles. The van der Waals surface area contributed by atoms with Crippen LogP contribution in [-0.2, 0) is 0 Å². The monoisotopic (exact) mass is 416 g/mol. The van der Waals surface area contributed by atoms with E-state index in [0.717, 1.165) is 37.9 Å². The number of halogens is 1. The molecule has 3 heteroatoms. The Labute approximate surface area is 149 Å². The van der Waals surface area contributed by atoms with Crippen LogP contribution < -0.4 is 0 Å². The van der Waals surface area contributed by atoms with Crippen molar-refractivity contribution in [1.29, 1.82) is 0 Å². The Hall–Kier alpha value is -1.88. The molecule has 0 bridgehead atoms. The lowest BCUT2D eigenvalue weighted by Crippen LogP contribution is -1.91. The van der Waals surface area contributed by atoms with Gasteiger partial charge < -0.3 is 4.42 Å². The fourth-order valence-electron chi connectivity index (χ4n) is 3.03. The minimum absolute atomic E-state index is 0.617. The number of aryl methyl sites for hydroxylation is 3. The van der Waals surface area contributed by atoms with Crippen LogP contribution in [0, 0.1) is 24.3 Å². The molecule has 0 spiro atoms. The molecule has 2 nitrogen and oxygen atoms in total. The minimum atomic E-state index is 0.617. The normalized spacial score (nSPS) is 10.8. The van der Waals surface area contributed by atoms with E-state index in [4.69, 9.17) is 4.42 Å². The van der Waals surface area contributed by atoms with E-state index in [2.05, 4.69) is 55.5 Å². The van der Waals surface area contributed by atoms with E-state index >= 15 is 0 Å². The van der Waals surface area contributed by atoms with Gasteiger partial charge >= 0.3 is 0 Å². The van der Waals surface area contributed by atoms with E-state index in [0.29, 0.717) is 11.3 Å². The third-order valence-corrected chi connectivity index (χ3v) is 5.01. The van der Waals surface area contributed by atoms with Crippen molar-refractivity contribution in [3.05, 3.63) is 68.3 Å². The standard InChI is InChI=1S/C20H17IO2/c1-12-9-13(2)17(14(3)10-12)20-18(21)16(11-22)19(23-20)15-7-5-4-6-8-15/h4-11H,1-3H3. The van der Waals surface area contributed by atoms with E-state index in [1.165, 1.54) is 5.56 Å². The highest BCUT2D eigenvalue weighted by Crippen LogP contribution is 2.39. The zero-order valence-corrected chi connectivity index (χ0v) is 15.5. The highest BCUT2D eigenvalue weighted by atomic mass is 127. The zero-order chi connectivity index (χ0) is 16.6. The zero-order valence-electron chi connectivity index (χ0n) is 13.3. The average molecular weight is 416 g/mol. The number of benzene rings is 2. The first kappa shape index (κ1) is 16.0. The summed E-state index contributed by atoms with van der Waals surface area (Å²) in [5, 5.41) is 0. The second-order valence-electron chi connectivity index (χ2n) is 5.75. The highest BCUT2D eigenvalue weighted by molar-refractivity contribution is 14.1. The Morgan fingerprint density at radius 2 is 1.57 bits per heavy atom. The van der Waals surface area contributed by atoms with E-state index in [9.17, 15) is 4.79 Å². The Bertz CT molecular complexity index is 853. The molecule has 3 rings (SSSR count). The first-order valence-electron chi connectivity index (χ1n) is 7.44. The van der Waals surface area contributed by atoms with Gasteiger partial charge in [0.05, 0.1) is 9.13 Å². The van der Waals surface area contributed by atoms with Gasteiger partial charge in [-0.15, -0.1) is 0 Å². The minimum Gasteiger partial charge on any atom is -0.454 e. The van der Waals surface area contributed by atoms with Crippen LogP contribution in [0.2, 0.25) is 0 Å². The maximum absolute atomic E-state index is 11.6. The molecule has 1 heterocycles. The molecule has 0 aliphatic heterocycles. The molecule has 0 atom stereocenters. The fourth-order valence-corrected chi connectivity index (χ4v) is 3.78. The number of hydrogen-bond donors (Lipinski definition) is 0. The summed E-state index contributed by atoms with van der Waals surface area (Å²) < 4.78 is 7.04. The largest absolute Gasteiger partial charge is 0.454 e. The molecule has 0 unspecified atom stereocenters. The average Bonchev–Trinajstić information content (AvgIpc) is 2.84. The molecule has 2 aromatic carbocycles. The van der Waals surface area contributed by atoms with Gasteiger partial charge in [-0.05, 0) is 54.5 Å². The summed E-state index contributed by atoms with van der Waals surface area (Å²) in [4.78, 5) is 11.6. The molecule has 3 aromatic rings. The molecule has 0 amide bonds. The molecule has 0 saturated carbocycles. The summed E-state index contributed by atoms with van der Waals surface area (Å²) in [6, 6.07) is 14.0. The van der Waals surface area contributed by atoms with Crippen LogP contribution in [0.5, 0.6) is 0 Å². The number of carbonyl (C=O) groups excluding carboxylic acids is 1. The maximum atomic E-state index is 11.6. The first-order chi connectivity index (χ1) is 11.0. The van der Waals surface area contributed by atoms with E-state index in [1.807, 2.05) is 30.3 Å². The van der Waals surface area contributed by atoms with Crippen LogP contribution in [0.4, 0.5) is 0 Å². The van der Waals surface area contributed by atoms with E-state index in [1.54, 1.807) is 0 Å². The van der Waals surface area contributed by atoms with Crippen molar-refractivity contribution in [2.45, 2.75) is 20.8 Å². The lowest BCUT2D eigenvalue weighted by molar-refractivity contribution is 0.112. The Morgan fingerprint density at radius 3 is 2.13 bits per heavy atom. The van der Waals surface area contributed by atoms with Gasteiger partial charge in [-0.3, -0.25) is 4.79 Å². The van der Waals surface area contributed by atoms with Gasteiger partial charge in [-0.1, -0.05) is 48.0 Å². The Balaban J connectivity index is 2.27. The van der Waals surface area contributed by atoms with Gasteiger partial charge in [0.2, 0.25) is 0 Å². The van der Waals surface area contributed by atoms with Crippen LogP contribution in [0.3, 0.4) is 0 Å². The number of rotatable bonds is 3. The van der Waals surface area contributed by atoms with Crippen LogP contribution in [0.25, 0.3) is 22.6 Å². The van der Waals surface area contributed by atoms with Gasteiger partial charge in [0.25, 0.3) is 0 Å². The summed E-state index contributed by atoms with van der Waals surface area (Å²) >= 11 is 2.21. The molecule has 0 N–H and O–H groups in total. The predicted molar refractivity (Wildman–Crippen MR) is 102 cm³/mol. The third-order valence-electron chi connectivity index (χ3n) is 3.94. The molecule has 0 radical (unpaired) electrons. The van der Waals surface area contributed by atoms with E-state index in [-0.39, 0.29) is 0 Å².